The molecule has 0 radical (unpaired) electrons. The first-order valence-corrected chi connectivity index (χ1v) is 8.61. The third-order valence-corrected chi connectivity index (χ3v) is 4.22. The minimum absolute atomic E-state index is 0.317. The van der Waals surface area contributed by atoms with Gasteiger partial charge >= 0.3 is 0 Å². The largest absolute Gasteiger partial charge is 0.273 e. The number of benzene rings is 2. The Morgan fingerprint density at radius 3 is 2.19 bits per heavy atom. The molecule has 0 aliphatic rings. The van der Waals surface area contributed by atoms with Crippen LogP contribution in [0.3, 0.4) is 0 Å². The number of hydrazone groups is 1. The standard InChI is InChI=1S/C20H15Cl2N3O/c1-13-18(10-11-19(24-13)15-4-8-17(22)9-5-15)20(26)25-23-12-14-2-6-16(21)7-3-14/h2-12H,1H3,(H,25,26)/b23-12+. The van der Waals surface area contributed by atoms with Gasteiger partial charge in [0.2, 0.25) is 0 Å². The average molecular weight is 384 g/mol. The van der Waals surface area contributed by atoms with Gasteiger partial charge in [0.25, 0.3) is 5.91 Å². The van der Waals surface area contributed by atoms with E-state index in [1.807, 2.05) is 24.3 Å². The van der Waals surface area contributed by atoms with Crippen molar-refractivity contribution in [2.75, 3.05) is 0 Å². The van der Waals surface area contributed by atoms with Crippen molar-refractivity contribution in [1.29, 1.82) is 0 Å². The summed E-state index contributed by atoms with van der Waals surface area (Å²) in [6.07, 6.45) is 1.55. The highest BCUT2D eigenvalue weighted by molar-refractivity contribution is 6.30. The molecule has 0 saturated heterocycles. The predicted molar refractivity (Wildman–Crippen MR) is 106 cm³/mol. The summed E-state index contributed by atoms with van der Waals surface area (Å²) >= 11 is 11.7. The number of aryl methyl sites for hydroxylation is 1. The molecule has 0 fully saturated rings. The van der Waals surface area contributed by atoms with Crippen molar-refractivity contribution in [3.8, 4) is 11.3 Å². The Kier molecular flexibility index (Phi) is 5.66. The molecule has 3 rings (SSSR count). The number of aromatic nitrogens is 1. The Morgan fingerprint density at radius 2 is 1.58 bits per heavy atom. The van der Waals surface area contributed by atoms with E-state index in [4.69, 9.17) is 23.2 Å². The van der Waals surface area contributed by atoms with Crippen molar-refractivity contribution < 1.29 is 4.79 Å². The van der Waals surface area contributed by atoms with Gasteiger partial charge in [-0.25, -0.2) is 5.43 Å². The maximum absolute atomic E-state index is 12.3. The summed E-state index contributed by atoms with van der Waals surface area (Å²) in [5.41, 5.74) is 6.15. The Labute approximate surface area is 161 Å². The Balaban J connectivity index is 1.71. The fraction of sp³-hybridized carbons (Fsp3) is 0.0500. The highest BCUT2D eigenvalue weighted by Crippen LogP contribution is 2.21. The highest BCUT2D eigenvalue weighted by atomic mass is 35.5. The third-order valence-electron chi connectivity index (χ3n) is 3.72. The second kappa shape index (κ2) is 8.13. The lowest BCUT2D eigenvalue weighted by atomic mass is 10.1. The van der Waals surface area contributed by atoms with Crippen LogP contribution in [-0.2, 0) is 0 Å². The number of pyridine rings is 1. The zero-order valence-electron chi connectivity index (χ0n) is 13.9. The van der Waals surface area contributed by atoms with Gasteiger partial charge < -0.3 is 0 Å². The van der Waals surface area contributed by atoms with Gasteiger partial charge in [0, 0.05) is 15.6 Å². The molecule has 6 heteroatoms. The molecule has 1 aromatic heterocycles. The van der Waals surface area contributed by atoms with Gasteiger partial charge in [-0.3, -0.25) is 9.78 Å². The van der Waals surface area contributed by atoms with Crippen molar-refractivity contribution in [1.82, 2.24) is 10.4 Å². The minimum Gasteiger partial charge on any atom is -0.267 e. The lowest BCUT2D eigenvalue weighted by Crippen LogP contribution is -2.19. The first-order valence-electron chi connectivity index (χ1n) is 7.85. The van der Waals surface area contributed by atoms with Crippen LogP contribution in [0.5, 0.6) is 0 Å². The summed E-state index contributed by atoms with van der Waals surface area (Å²) in [6.45, 7) is 1.79. The van der Waals surface area contributed by atoms with Crippen LogP contribution in [0.2, 0.25) is 10.0 Å². The molecule has 2 aromatic carbocycles. The van der Waals surface area contributed by atoms with E-state index in [1.165, 1.54) is 0 Å². The SMILES string of the molecule is Cc1nc(-c2ccc(Cl)cc2)ccc1C(=O)N/N=C/c1ccc(Cl)cc1. The summed E-state index contributed by atoms with van der Waals surface area (Å²) < 4.78 is 0. The monoisotopic (exact) mass is 383 g/mol. The molecule has 1 amide bonds. The molecule has 0 unspecified atom stereocenters. The van der Waals surface area contributed by atoms with Crippen LogP contribution in [0.15, 0.2) is 65.8 Å². The topological polar surface area (TPSA) is 54.4 Å². The summed E-state index contributed by atoms with van der Waals surface area (Å²) in [5, 5.41) is 5.28. The van der Waals surface area contributed by atoms with E-state index in [1.54, 1.807) is 49.5 Å². The molecule has 0 bridgehead atoms. The number of hydrogen-bond acceptors (Lipinski definition) is 3. The number of carbonyl (C=O) groups is 1. The summed E-state index contributed by atoms with van der Waals surface area (Å²) in [5.74, 6) is -0.317. The predicted octanol–water partition coefficient (Wildman–Crippen LogP) is 5.13. The lowest BCUT2D eigenvalue weighted by Gasteiger charge is -2.07. The molecule has 26 heavy (non-hydrogen) atoms. The first-order chi connectivity index (χ1) is 12.5. The first kappa shape index (κ1) is 18.1. The van der Waals surface area contributed by atoms with E-state index in [-0.39, 0.29) is 5.91 Å². The van der Waals surface area contributed by atoms with Gasteiger partial charge in [-0.15, -0.1) is 0 Å². The normalized spacial score (nSPS) is 10.9. The molecule has 0 aliphatic carbocycles. The quantitative estimate of drug-likeness (QED) is 0.501. The summed E-state index contributed by atoms with van der Waals surface area (Å²) in [4.78, 5) is 16.8. The van der Waals surface area contributed by atoms with Gasteiger partial charge in [0.1, 0.15) is 0 Å². The smallest absolute Gasteiger partial charge is 0.267 e. The maximum Gasteiger partial charge on any atom is 0.273 e. The number of halogens is 2. The Morgan fingerprint density at radius 1 is 0.962 bits per heavy atom. The summed E-state index contributed by atoms with van der Waals surface area (Å²) in [7, 11) is 0. The molecule has 1 heterocycles. The van der Waals surface area contributed by atoms with E-state index < -0.39 is 0 Å². The molecule has 0 spiro atoms. The Bertz CT molecular complexity index is 952. The highest BCUT2D eigenvalue weighted by Gasteiger charge is 2.10. The van der Waals surface area contributed by atoms with Crippen molar-refractivity contribution in [2.45, 2.75) is 6.92 Å². The van der Waals surface area contributed by atoms with Gasteiger partial charge in [-0.2, -0.15) is 5.10 Å². The second-order valence-electron chi connectivity index (χ2n) is 5.59. The van der Waals surface area contributed by atoms with Crippen LogP contribution >= 0.6 is 23.2 Å². The molecule has 4 nitrogen and oxygen atoms in total. The van der Waals surface area contributed by atoms with Crippen molar-refractivity contribution in [3.63, 3.8) is 0 Å². The molecule has 0 aliphatic heterocycles. The molecular weight excluding hydrogens is 369 g/mol. The van der Waals surface area contributed by atoms with E-state index in [0.29, 0.717) is 21.3 Å². The second-order valence-corrected chi connectivity index (χ2v) is 6.46. The summed E-state index contributed by atoms with van der Waals surface area (Å²) in [6, 6.07) is 18.1. The van der Waals surface area contributed by atoms with Gasteiger partial charge in [0.15, 0.2) is 0 Å². The number of nitrogens with one attached hydrogen (secondary N) is 1. The maximum atomic E-state index is 12.3. The Hall–Kier alpha value is -2.69. The minimum atomic E-state index is -0.317. The van der Waals surface area contributed by atoms with Crippen LogP contribution in [0.1, 0.15) is 21.6 Å². The fourth-order valence-corrected chi connectivity index (χ4v) is 2.61. The van der Waals surface area contributed by atoms with Crippen LogP contribution in [0, 0.1) is 6.92 Å². The number of rotatable bonds is 4. The lowest BCUT2D eigenvalue weighted by molar-refractivity contribution is 0.0954. The van der Waals surface area contributed by atoms with Crippen LogP contribution in [0.25, 0.3) is 11.3 Å². The van der Waals surface area contributed by atoms with Gasteiger partial charge in [-0.1, -0.05) is 47.5 Å². The van der Waals surface area contributed by atoms with Crippen LogP contribution in [-0.4, -0.2) is 17.1 Å². The van der Waals surface area contributed by atoms with Gasteiger partial charge in [0.05, 0.1) is 23.2 Å². The van der Waals surface area contributed by atoms with Crippen molar-refractivity contribution >= 4 is 35.3 Å². The van der Waals surface area contributed by atoms with E-state index in [2.05, 4.69) is 15.5 Å². The number of carbonyl (C=O) groups excluding carboxylic acids is 1. The van der Waals surface area contributed by atoms with Crippen LogP contribution in [0.4, 0.5) is 0 Å². The molecule has 130 valence electrons. The van der Waals surface area contributed by atoms with E-state index >= 15 is 0 Å². The molecule has 0 saturated carbocycles. The average Bonchev–Trinajstić information content (AvgIpc) is 2.64. The van der Waals surface area contributed by atoms with E-state index in [0.717, 1.165) is 16.8 Å². The van der Waals surface area contributed by atoms with E-state index in [9.17, 15) is 4.79 Å². The van der Waals surface area contributed by atoms with Crippen molar-refractivity contribution in [3.05, 3.63) is 87.5 Å². The number of hydrogen-bond donors (Lipinski definition) is 1. The zero-order chi connectivity index (χ0) is 18.5. The third kappa shape index (κ3) is 4.48. The van der Waals surface area contributed by atoms with Gasteiger partial charge in [-0.05, 0) is 48.9 Å². The van der Waals surface area contributed by atoms with Crippen LogP contribution < -0.4 is 5.43 Å². The molecule has 0 atom stereocenters. The molecular formula is C20H15Cl2N3O. The molecule has 1 N–H and O–H groups in total. The van der Waals surface area contributed by atoms with Crippen molar-refractivity contribution in [2.24, 2.45) is 5.10 Å². The number of amides is 1. The number of nitrogens with zero attached hydrogens (tertiary/aromatic N) is 2. The fourth-order valence-electron chi connectivity index (χ4n) is 2.36. The molecule has 3 aromatic rings. The zero-order valence-corrected chi connectivity index (χ0v) is 15.4.